The van der Waals surface area contributed by atoms with E-state index >= 15 is 0 Å². The number of nitrogens with zero attached hydrogens (tertiary/aromatic N) is 2. The number of benzene rings is 2. The average molecular weight is 341 g/mol. The number of amides is 1. The third kappa shape index (κ3) is 2.95. The molecule has 0 aliphatic carbocycles. The number of carbonyl (C=O) groups excluding carboxylic acids is 1. The van der Waals surface area contributed by atoms with Crippen LogP contribution < -0.4 is 4.74 Å². The van der Waals surface area contributed by atoms with Gasteiger partial charge in [0.1, 0.15) is 12.4 Å². The van der Waals surface area contributed by atoms with Crippen molar-refractivity contribution < 1.29 is 9.53 Å². The van der Waals surface area contributed by atoms with Crippen LogP contribution in [0.4, 0.5) is 0 Å². The largest absolute Gasteiger partial charge is 0.491 e. The van der Waals surface area contributed by atoms with Crippen LogP contribution in [0.3, 0.4) is 0 Å². The summed E-state index contributed by atoms with van der Waals surface area (Å²) in [4.78, 5) is 14.8. The number of fused-ring (bicyclic) bond motifs is 1. The monoisotopic (exact) mass is 340 g/mol. The zero-order chi connectivity index (χ0) is 17.3. The molecule has 1 amide bonds. The Morgan fingerprint density at radius 2 is 1.96 bits per heavy atom. The van der Waals surface area contributed by atoms with Gasteiger partial charge in [-0.1, -0.05) is 11.6 Å². The first kappa shape index (κ1) is 16.4. The predicted octanol–water partition coefficient (Wildman–Crippen LogP) is 4.20. The lowest BCUT2D eigenvalue weighted by molar-refractivity contribution is 0.0576. The van der Waals surface area contributed by atoms with Gasteiger partial charge in [0.05, 0.1) is 23.7 Å². The minimum atomic E-state index is -0.200. The Labute approximate surface area is 146 Å². The quantitative estimate of drug-likeness (QED) is 0.782. The average Bonchev–Trinajstić information content (AvgIpc) is 2.71. The molecule has 2 atom stereocenters. The fraction of sp³-hybridized carbons (Fsp3) is 0.263. The second-order valence-corrected chi connectivity index (χ2v) is 6.36. The van der Waals surface area contributed by atoms with Crippen molar-refractivity contribution in [3.8, 4) is 11.8 Å². The van der Waals surface area contributed by atoms with E-state index in [1.54, 1.807) is 47.4 Å². The van der Waals surface area contributed by atoms with Gasteiger partial charge in [0.25, 0.3) is 5.91 Å². The van der Waals surface area contributed by atoms with E-state index in [0.29, 0.717) is 22.8 Å². The molecule has 1 aliphatic heterocycles. The maximum Gasteiger partial charge on any atom is 0.254 e. The summed E-state index contributed by atoms with van der Waals surface area (Å²) in [5, 5.41) is 9.74. The highest BCUT2D eigenvalue weighted by atomic mass is 35.5. The van der Waals surface area contributed by atoms with Crippen molar-refractivity contribution in [1.82, 2.24) is 4.90 Å². The molecule has 122 valence electrons. The fourth-order valence-corrected chi connectivity index (χ4v) is 3.14. The van der Waals surface area contributed by atoms with Gasteiger partial charge in [-0.25, -0.2) is 0 Å². The summed E-state index contributed by atoms with van der Waals surface area (Å²) in [5.74, 6) is 0.644. The Morgan fingerprint density at radius 1 is 1.25 bits per heavy atom. The molecule has 5 heteroatoms. The maximum atomic E-state index is 13.0. The van der Waals surface area contributed by atoms with E-state index in [0.717, 1.165) is 11.3 Å². The van der Waals surface area contributed by atoms with Gasteiger partial charge in [-0.15, -0.1) is 0 Å². The molecule has 2 aromatic rings. The Morgan fingerprint density at radius 3 is 2.62 bits per heavy atom. The second-order valence-electron chi connectivity index (χ2n) is 5.92. The summed E-state index contributed by atoms with van der Waals surface area (Å²) in [6, 6.07) is 14.0. The van der Waals surface area contributed by atoms with E-state index in [-0.39, 0.29) is 18.0 Å². The zero-order valence-corrected chi connectivity index (χ0v) is 14.2. The molecule has 24 heavy (non-hydrogen) atoms. The van der Waals surface area contributed by atoms with Crippen molar-refractivity contribution >= 4 is 17.5 Å². The smallest absolute Gasteiger partial charge is 0.254 e. The summed E-state index contributed by atoms with van der Waals surface area (Å²) < 4.78 is 5.84. The summed E-state index contributed by atoms with van der Waals surface area (Å²) in [5.41, 5.74) is 1.98. The number of hydrogen-bond acceptors (Lipinski definition) is 3. The highest BCUT2D eigenvalue weighted by Crippen LogP contribution is 2.35. The zero-order valence-electron chi connectivity index (χ0n) is 13.5. The van der Waals surface area contributed by atoms with E-state index < -0.39 is 0 Å². The minimum Gasteiger partial charge on any atom is -0.491 e. The van der Waals surface area contributed by atoms with Gasteiger partial charge in [-0.05, 0) is 56.3 Å². The first-order valence-electron chi connectivity index (χ1n) is 7.76. The molecule has 0 N–H and O–H groups in total. The van der Waals surface area contributed by atoms with Crippen molar-refractivity contribution in [2.45, 2.75) is 25.9 Å². The third-order valence-corrected chi connectivity index (χ3v) is 4.54. The van der Waals surface area contributed by atoms with Gasteiger partial charge >= 0.3 is 0 Å². The van der Waals surface area contributed by atoms with Crippen LogP contribution in [0.25, 0.3) is 0 Å². The van der Waals surface area contributed by atoms with E-state index in [9.17, 15) is 4.79 Å². The molecule has 0 saturated carbocycles. The standard InChI is InChI=1S/C19H17ClN2O2/c1-12-11-24-18-8-3-14(10-21)9-17(18)13(2)22(12)19(23)15-4-6-16(20)7-5-15/h3-9,12-13H,11H2,1-2H3/t12-,13+/m1/s1. The predicted molar refractivity (Wildman–Crippen MR) is 92.2 cm³/mol. The first-order chi connectivity index (χ1) is 11.5. The molecule has 1 heterocycles. The van der Waals surface area contributed by atoms with Gasteiger partial charge in [0.2, 0.25) is 0 Å². The van der Waals surface area contributed by atoms with Gasteiger partial charge in [-0.2, -0.15) is 5.26 Å². The van der Waals surface area contributed by atoms with Crippen LogP contribution >= 0.6 is 11.6 Å². The molecule has 0 unspecified atom stereocenters. The van der Waals surface area contributed by atoms with Crippen LogP contribution in [0.2, 0.25) is 5.02 Å². The number of rotatable bonds is 1. The lowest BCUT2D eigenvalue weighted by Crippen LogP contribution is -2.41. The van der Waals surface area contributed by atoms with Crippen molar-refractivity contribution in [2.75, 3.05) is 6.61 Å². The highest BCUT2D eigenvalue weighted by Gasteiger charge is 2.32. The number of carbonyl (C=O) groups is 1. The molecule has 0 fully saturated rings. The third-order valence-electron chi connectivity index (χ3n) is 4.29. The summed E-state index contributed by atoms with van der Waals surface area (Å²) in [6.07, 6.45) is 0. The Kier molecular flexibility index (Phi) is 4.46. The number of halogens is 1. The van der Waals surface area contributed by atoms with Crippen molar-refractivity contribution in [2.24, 2.45) is 0 Å². The fourth-order valence-electron chi connectivity index (χ4n) is 3.02. The molecule has 0 saturated heterocycles. The van der Waals surface area contributed by atoms with Crippen LogP contribution in [0.15, 0.2) is 42.5 Å². The van der Waals surface area contributed by atoms with Gasteiger partial charge in [0.15, 0.2) is 0 Å². The Balaban J connectivity index is 2.01. The molecule has 1 aliphatic rings. The first-order valence-corrected chi connectivity index (χ1v) is 8.14. The van der Waals surface area contributed by atoms with Crippen molar-refractivity contribution in [3.05, 3.63) is 64.2 Å². The number of hydrogen-bond donors (Lipinski definition) is 0. The van der Waals surface area contributed by atoms with Gasteiger partial charge in [0, 0.05) is 16.1 Å². The van der Waals surface area contributed by atoms with E-state index in [4.69, 9.17) is 21.6 Å². The Bertz CT molecular complexity index is 811. The van der Waals surface area contributed by atoms with E-state index in [2.05, 4.69) is 6.07 Å². The molecule has 0 bridgehead atoms. The SMILES string of the molecule is C[C@@H]1COc2ccc(C#N)cc2[C@H](C)N1C(=O)c1ccc(Cl)cc1. The molecule has 4 nitrogen and oxygen atoms in total. The normalized spacial score (nSPS) is 19.7. The highest BCUT2D eigenvalue weighted by molar-refractivity contribution is 6.30. The van der Waals surface area contributed by atoms with Crippen LogP contribution in [0.5, 0.6) is 5.75 Å². The molecule has 2 aromatic carbocycles. The van der Waals surface area contributed by atoms with Crippen molar-refractivity contribution in [3.63, 3.8) is 0 Å². The molecule has 3 rings (SSSR count). The minimum absolute atomic E-state index is 0.0783. The summed E-state index contributed by atoms with van der Waals surface area (Å²) in [6.45, 7) is 4.32. The van der Waals surface area contributed by atoms with Crippen LogP contribution in [0, 0.1) is 11.3 Å². The van der Waals surface area contributed by atoms with Gasteiger partial charge < -0.3 is 9.64 Å². The second kappa shape index (κ2) is 6.54. The maximum absolute atomic E-state index is 13.0. The van der Waals surface area contributed by atoms with E-state index in [1.807, 2.05) is 13.8 Å². The molecule has 0 spiro atoms. The van der Waals surface area contributed by atoms with Gasteiger partial charge in [-0.3, -0.25) is 4.79 Å². The molecular weight excluding hydrogens is 324 g/mol. The summed E-state index contributed by atoms with van der Waals surface area (Å²) in [7, 11) is 0. The van der Waals surface area contributed by atoms with Crippen molar-refractivity contribution in [1.29, 1.82) is 5.26 Å². The topological polar surface area (TPSA) is 53.3 Å². The molecule has 0 radical (unpaired) electrons. The molecule has 0 aromatic heterocycles. The number of ether oxygens (including phenoxy) is 1. The van der Waals surface area contributed by atoms with Crippen LogP contribution in [-0.4, -0.2) is 23.5 Å². The number of nitriles is 1. The van der Waals surface area contributed by atoms with E-state index in [1.165, 1.54) is 0 Å². The van der Waals surface area contributed by atoms with Crippen LogP contribution in [0.1, 0.15) is 41.4 Å². The lowest BCUT2D eigenvalue weighted by Gasteiger charge is -2.32. The Hall–Kier alpha value is -2.51. The van der Waals surface area contributed by atoms with Crippen LogP contribution in [-0.2, 0) is 0 Å². The molecular formula is C19H17ClN2O2. The summed E-state index contributed by atoms with van der Waals surface area (Å²) >= 11 is 5.91. The lowest BCUT2D eigenvalue weighted by atomic mass is 10.0.